The molecule has 1 atom stereocenters. The molecule has 1 saturated heterocycles. The van der Waals surface area contributed by atoms with Crippen LogP contribution in [0.3, 0.4) is 0 Å². The fourth-order valence-corrected chi connectivity index (χ4v) is 3.29. The van der Waals surface area contributed by atoms with E-state index in [2.05, 4.69) is 29.2 Å². The summed E-state index contributed by atoms with van der Waals surface area (Å²) in [7, 11) is 0. The van der Waals surface area contributed by atoms with Crippen LogP contribution in [0.2, 0.25) is 5.02 Å². The van der Waals surface area contributed by atoms with Crippen LogP contribution in [0.25, 0.3) is 0 Å². The van der Waals surface area contributed by atoms with Crippen LogP contribution < -0.4 is 4.74 Å². The molecule has 26 heavy (non-hydrogen) atoms. The Labute approximate surface area is 160 Å². The van der Waals surface area contributed by atoms with Gasteiger partial charge in [0.15, 0.2) is 6.10 Å². The number of nitrogens with zero attached hydrogens (tertiary/aromatic N) is 2. The number of halogens is 1. The summed E-state index contributed by atoms with van der Waals surface area (Å²) in [4.78, 5) is 17.0. The molecule has 0 bridgehead atoms. The molecule has 0 radical (unpaired) electrons. The van der Waals surface area contributed by atoms with E-state index in [4.69, 9.17) is 16.3 Å². The molecule has 1 heterocycles. The van der Waals surface area contributed by atoms with E-state index >= 15 is 0 Å². The summed E-state index contributed by atoms with van der Waals surface area (Å²) in [6, 6.07) is 15.9. The highest BCUT2D eigenvalue weighted by atomic mass is 35.5. The van der Waals surface area contributed by atoms with Gasteiger partial charge in [0.2, 0.25) is 0 Å². The van der Waals surface area contributed by atoms with Gasteiger partial charge in [0.25, 0.3) is 5.91 Å². The summed E-state index contributed by atoms with van der Waals surface area (Å²) in [5.74, 6) is 0.715. The molecule has 1 aliphatic rings. The summed E-state index contributed by atoms with van der Waals surface area (Å²) in [6.45, 7) is 7.90. The van der Waals surface area contributed by atoms with Crippen molar-refractivity contribution in [2.24, 2.45) is 0 Å². The number of ether oxygens (including phenoxy) is 1. The number of benzene rings is 2. The van der Waals surface area contributed by atoms with Crippen molar-refractivity contribution < 1.29 is 9.53 Å². The van der Waals surface area contributed by atoms with Crippen LogP contribution in [0.1, 0.15) is 18.1 Å². The molecule has 1 amide bonds. The first-order valence-electron chi connectivity index (χ1n) is 9.01. The van der Waals surface area contributed by atoms with Crippen LogP contribution in [0, 0.1) is 6.92 Å². The van der Waals surface area contributed by atoms with Gasteiger partial charge in [-0.2, -0.15) is 0 Å². The molecule has 0 aliphatic carbocycles. The molecule has 1 unspecified atom stereocenters. The number of carbonyl (C=O) groups is 1. The van der Waals surface area contributed by atoms with Crippen molar-refractivity contribution in [1.82, 2.24) is 9.80 Å². The average Bonchev–Trinajstić information content (AvgIpc) is 2.65. The molecule has 1 aliphatic heterocycles. The highest BCUT2D eigenvalue weighted by molar-refractivity contribution is 6.31. The highest BCUT2D eigenvalue weighted by Gasteiger charge is 2.26. The van der Waals surface area contributed by atoms with Gasteiger partial charge in [-0.05, 0) is 43.2 Å². The molecule has 5 heteroatoms. The largest absolute Gasteiger partial charge is 0.481 e. The normalized spacial score (nSPS) is 16.3. The lowest BCUT2D eigenvalue weighted by Crippen LogP contribution is -2.51. The van der Waals surface area contributed by atoms with Crippen molar-refractivity contribution in [2.45, 2.75) is 26.5 Å². The summed E-state index contributed by atoms with van der Waals surface area (Å²) >= 11 is 6.04. The van der Waals surface area contributed by atoms with E-state index in [1.165, 1.54) is 5.56 Å². The second-order valence-electron chi connectivity index (χ2n) is 6.76. The van der Waals surface area contributed by atoms with Crippen molar-refractivity contribution in [3.05, 3.63) is 64.7 Å². The third-order valence-electron chi connectivity index (χ3n) is 4.72. The van der Waals surface area contributed by atoms with Gasteiger partial charge in [-0.15, -0.1) is 0 Å². The van der Waals surface area contributed by atoms with Gasteiger partial charge in [-0.25, -0.2) is 0 Å². The molecule has 0 spiro atoms. The number of hydrogen-bond acceptors (Lipinski definition) is 3. The summed E-state index contributed by atoms with van der Waals surface area (Å²) in [6.07, 6.45) is -0.503. The average molecular weight is 373 g/mol. The topological polar surface area (TPSA) is 32.8 Å². The number of aryl methyl sites for hydroxylation is 1. The fraction of sp³-hybridized carbons (Fsp3) is 0.381. The number of amides is 1. The first kappa shape index (κ1) is 18.7. The smallest absolute Gasteiger partial charge is 0.263 e. The van der Waals surface area contributed by atoms with Crippen LogP contribution in [0.5, 0.6) is 5.75 Å². The fourth-order valence-electron chi connectivity index (χ4n) is 3.17. The SMILES string of the molecule is Cc1cc(OC(C)C(=O)N2CCN(Cc3ccccc3)CC2)ccc1Cl. The van der Waals surface area contributed by atoms with Crippen LogP contribution in [0.15, 0.2) is 48.5 Å². The van der Waals surface area contributed by atoms with Crippen molar-refractivity contribution >= 4 is 17.5 Å². The molecule has 0 saturated carbocycles. The maximum absolute atomic E-state index is 12.7. The second kappa shape index (κ2) is 8.56. The number of carbonyl (C=O) groups excluding carboxylic acids is 1. The lowest BCUT2D eigenvalue weighted by molar-refractivity contribution is -0.139. The Morgan fingerprint density at radius 2 is 1.81 bits per heavy atom. The Morgan fingerprint density at radius 3 is 2.46 bits per heavy atom. The van der Waals surface area contributed by atoms with Crippen molar-refractivity contribution in [1.29, 1.82) is 0 Å². The third-order valence-corrected chi connectivity index (χ3v) is 5.15. The molecule has 1 fully saturated rings. The van der Waals surface area contributed by atoms with Gasteiger partial charge in [0, 0.05) is 37.7 Å². The van der Waals surface area contributed by atoms with Crippen molar-refractivity contribution in [3.63, 3.8) is 0 Å². The van der Waals surface area contributed by atoms with E-state index in [0.29, 0.717) is 10.8 Å². The van der Waals surface area contributed by atoms with Crippen molar-refractivity contribution in [2.75, 3.05) is 26.2 Å². The third kappa shape index (κ3) is 4.77. The molecule has 3 rings (SSSR count). The number of piperazine rings is 1. The minimum Gasteiger partial charge on any atom is -0.481 e. The predicted molar refractivity (Wildman–Crippen MR) is 105 cm³/mol. The molecule has 0 aromatic heterocycles. The van der Waals surface area contributed by atoms with Gasteiger partial charge in [-0.1, -0.05) is 41.9 Å². The lowest BCUT2D eigenvalue weighted by Gasteiger charge is -2.35. The molecular formula is C21H25ClN2O2. The summed E-state index contributed by atoms with van der Waals surface area (Å²) in [5, 5.41) is 0.700. The Kier molecular flexibility index (Phi) is 6.17. The zero-order valence-corrected chi connectivity index (χ0v) is 16.1. The molecule has 2 aromatic rings. The molecule has 138 valence electrons. The van der Waals surface area contributed by atoms with E-state index < -0.39 is 6.10 Å². The second-order valence-corrected chi connectivity index (χ2v) is 7.17. The molecule has 0 N–H and O–H groups in total. The van der Waals surface area contributed by atoms with Crippen LogP contribution >= 0.6 is 11.6 Å². The van der Waals surface area contributed by atoms with E-state index in [-0.39, 0.29) is 5.91 Å². The first-order chi connectivity index (χ1) is 12.5. The summed E-state index contributed by atoms with van der Waals surface area (Å²) < 4.78 is 5.82. The van der Waals surface area contributed by atoms with Crippen LogP contribution in [-0.2, 0) is 11.3 Å². The zero-order valence-electron chi connectivity index (χ0n) is 15.3. The first-order valence-corrected chi connectivity index (χ1v) is 9.38. The predicted octanol–water partition coefficient (Wildman–Crippen LogP) is 3.76. The van der Waals surface area contributed by atoms with Gasteiger partial charge in [-0.3, -0.25) is 9.69 Å². The number of rotatable bonds is 5. The minimum atomic E-state index is -0.503. The van der Waals surface area contributed by atoms with E-state index in [0.717, 1.165) is 38.3 Å². The van der Waals surface area contributed by atoms with Crippen LogP contribution in [-0.4, -0.2) is 48.0 Å². The van der Waals surface area contributed by atoms with Crippen LogP contribution in [0.4, 0.5) is 0 Å². The zero-order chi connectivity index (χ0) is 18.5. The van der Waals surface area contributed by atoms with E-state index in [9.17, 15) is 4.79 Å². The molecule has 2 aromatic carbocycles. The Hall–Kier alpha value is -2.04. The Balaban J connectivity index is 1.50. The Morgan fingerprint density at radius 1 is 1.12 bits per heavy atom. The highest BCUT2D eigenvalue weighted by Crippen LogP contribution is 2.22. The van der Waals surface area contributed by atoms with E-state index in [1.807, 2.05) is 30.9 Å². The lowest BCUT2D eigenvalue weighted by atomic mass is 10.2. The monoisotopic (exact) mass is 372 g/mol. The molecule has 4 nitrogen and oxygen atoms in total. The Bertz CT molecular complexity index is 743. The van der Waals surface area contributed by atoms with Gasteiger partial charge in [0.1, 0.15) is 5.75 Å². The number of hydrogen-bond donors (Lipinski definition) is 0. The molecular weight excluding hydrogens is 348 g/mol. The quantitative estimate of drug-likeness (QED) is 0.801. The standard InChI is InChI=1S/C21H25ClN2O2/c1-16-14-19(8-9-20(16)22)26-17(2)21(25)24-12-10-23(11-13-24)15-18-6-4-3-5-7-18/h3-9,14,17H,10-13,15H2,1-2H3. The van der Waals surface area contributed by atoms with Gasteiger partial charge in [0.05, 0.1) is 0 Å². The maximum Gasteiger partial charge on any atom is 0.263 e. The summed E-state index contributed by atoms with van der Waals surface area (Å²) in [5.41, 5.74) is 2.25. The van der Waals surface area contributed by atoms with Gasteiger partial charge >= 0.3 is 0 Å². The maximum atomic E-state index is 12.7. The van der Waals surface area contributed by atoms with E-state index in [1.54, 1.807) is 12.1 Å². The minimum absolute atomic E-state index is 0.0389. The van der Waals surface area contributed by atoms with Crippen molar-refractivity contribution in [3.8, 4) is 5.75 Å². The van der Waals surface area contributed by atoms with Gasteiger partial charge < -0.3 is 9.64 Å².